The topological polar surface area (TPSA) is 129 Å². The first-order valence-corrected chi connectivity index (χ1v) is 9.20. The molecular weight excluding hydrogens is 416 g/mol. The van der Waals surface area contributed by atoms with Gasteiger partial charge in [0.2, 0.25) is 0 Å². The third-order valence-corrected chi connectivity index (χ3v) is 4.40. The summed E-state index contributed by atoms with van der Waals surface area (Å²) in [7, 11) is 0. The highest BCUT2D eigenvalue weighted by atomic mass is 35.5. The highest BCUT2D eigenvalue weighted by Crippen LogP contribution is 2.26. The van der Waals surface area contributed by atoms with E-state index in [2.05, 4.69) is 5.32 Å². The van der Waals surface area contributed by atoms with E-state index in [9.17, 15) is 24.5 Å². The van der Waals surface area contributed by atoms with Crippen LogP contribution in [0.5, 0.6) is 5.75 Å². The van der Waals surface area contributed by atoms with Crippen molar-refractivity contribution in [2.24, 2.45) is 0 Å². The van der Waals surface area contributed by atoms with Gasteiger partial charge in [0, 0.05) is 24.1 Å². The molecule has 1 aromatic heterocycles. The van der Waals surface area contributed by atoms with E-state index < -0.39 is 28.1 Å². The number of carbonyl (C=O) groups is 2. The summed E-state index contributed by atoms with van der Waals surface area (Å²) >= 11 is 5.73. The minimum atomic E-state index is -0.855. The van der Waals surface area contributed by atoms with E-state index in [-0.39, 0.29) is 27.5 Å². The van der Waals surface area contributed by atoms with Crippen molar-refractivity contribution >= 4 is 40.1 Å². The molecule has 154 valence electrons. The van der Waals surface area contributed by atoms with Crippen LogP contribution < -0.4 is 15.7 Å². The van der Waals surface area contributed by atoms with E-state index >= 15 is 0 Å². The van der Waals surface area contributed by atoms with Crippen molar-refractivity contribution in [3.8, 4) is 5.75 Å². The Morgan fingerprint density at radius 1 is 1.20 bits per heavy atom. The number of carbonyl (C=O) groups excluding carboxylic acids is 2. The molecule has 1 N–H and O–H groups in total. The lowest BCUT2D eigenvalue weighted by molar-refractivity contribution is -0.384. The smallest absolute Gasteiger partial charge is 0.349 e. The largest absolute Gasteiger partial charge is 0.423 e. The van der Waals surface area contributed by atoms with Gasteiger partial charge < -0.3 is 14.5 Å². The summed E-state index contributed by atoms with van der Waals surface area (Å²) in [6, 6.07) is 9.18. The summed E-state index contributed by atoms with van der Waals surface area (Å²) in [6.45, 7) is 2.31. The van der Waals surface area contributed by atoms with Crippen LogP contribution in [0.25, 0.3) is 11.0 Å². The monoisotopic (exact) mass is 430 g/mol. The second-order valence-corrected chi connectivity index (χ2v) is 6.62. The third kappa shape index (κ3) is 4.47. The standard InChI is InChI=1S/C20H15ClN2O7/c1-2-7-22-18(24)14-8-11-3-5-13(10-17(11)30-20(14)26)29-19(25)12-4-6-15(21)16(9-12)23(27)28/h3-6,8-10H,2,7H2,1H3,(H,22,24). The Balaban J connectivity index is 1.86. The Hall–Kier alpha value is -3.72. The Bertz CT molecular complexity index is 1220. The average Bonchev–Trinajstić information content (AvgIpc) is 2.71. The molecule has 3 rings (SSSR count). The van der Waals surface area contributed by atoms with E-state index in [1.165, 1.54) is 36.4 Å². The third-order valence-electron chi connectivity index (χ3n) is 4.08. The number of ether oxygens (including phenoxy) is 1. The lowest BCUT2D eigenvalue weighted by Gasteiger charge is -2.07. The Labute approximate surface area is 174 Å². The Morgan fingerprint density at radius 2 is 1.97 bits per heavy atom. The first kappa shape index (κ1) is 21.0. The van der Waals surface area contributed by atoms with Crippen LogP contribution in [0.2, 0.25) is 5.02 Å². The van der Waals surface area contributed by atoms with E-state index in [0.717, 1.165) is 12.5 Å². The molecule has 9 nitrogen and oxygen atoms in total. The van der Waals surface area contributed by atoms with Crippen molar-refractivity contribution in [3.05, 3.63) is 79.1 Å². The molecule has 0 aliphatic carbocycles. The quantitative estimate of drug-likeness (QED) is 0.207. The van der Waals surface area contributed by atoms with Gasteiger partial charge >= 0.3 is 11.6 Å². The number of rotatable bonds is 6. The fourth-order valence-electron chi connectivity index (χ4n) is 2.59. The van der Waals surface area contributed by atoms with Gasteiger partial charge in [-0.3, -0.25) is 14.9 Å². The molecule has 0 aliphatic rings. The van der Waals surface area contributed by atoms with Crippen molar-refractivity contribution in [3.63, 3.8) is 0 Å². The molecule has 0 fully saturated rings. The van der Waals surface area contributed by atoms with Gasteiger partial charge in [-0.2, -0.15) is 0 Å². The van der Waals surface area contributed by atoms with Crippen molar-refractivity contribution in [1.29, 1.82) is 0 Å². The van der Waals surface area contributed by atoms with Crippen molar-refractivity contribution in [1.82, 2.24) is 5.32 Å². The normalized spacial score (nSPS) is 10.6. The number of nitrogens with zero attached hydrogens (tertiary/aromatic N) is 1. The molecular formula is C20H15ClN2O7. The van der Waals surface area contributed by atoms with Crippen LogP contribution in [-0.2, 0) is 0 Å². The lowest BCUT2D eigenvalue weighted by Crippen LogP contribution is -2.28. The van der Waals surface area contributed by atoms with Crippen LogP contribution in [0.4, 0.5) is 5.69 Å². The first-order chi connectivity index (χ1) is 14.3. The highest BCUT2D eigenvalue weighted by molar-refractivity contribution is 6.32. The van der Waals surface area contributed by atoms with Gasteiger partial charge in [-0.15, -0.1) is 0 Å². The highest BCUT2D eigenvalue weighted by Gasteiger charge is 2.18. The molecule has 2 aromatic carbocycles. The molecule has 3 aromatic rings. The molecule has 10 heteroatoms. The predicted molar refractivity (Wildman–Crippen MR) is 108 cm³/mol. The number of nitrogens with one attached hydrogen (secondary N) is 1. The van der Waals surface area contributed by atoms with Crippen molar-refractivity contribution in [2.45, 2.75) is 13.3 Å². The van der Waals surface area contributed by atoms with Gasteiger partial charge in [-0.05, 0) is 36.8 Å². The van der Waals surface area contributed by atoms with Crippen molar-refractivity contribution in [2.75, 3.05) is 6.54 Å². The molecule has 0 radical (unpaired) electrons. The van der Waals surface area contributed by atoms with E-state index in [0.29, 0.717) is 11.9 Å². The zero-order valence-corrected chi connectivity index (χ0v) is 16.4. The molecule has 0 saturated heterocycles. The summed E-state index contributed by atoms with van der Waals surface area (Å²) in [4.78, 5) is 46.7. The fraction of sp³-hybridized carbons (Fsp3) is 0.150. The number of benzene rings is 2. The van der Waals surface area contributed by atoms with Gasteiger partial charge in [0.05, 0.1) is 10.5 Å². The fourth-order valence-corrected chi connectivity index (χ4v) is 2.78. The average molecular weight is 431 g/mol. The van der Waals surface area contributed by atoms with E-state index in [1.807, 2.05) is 6.92 Å². The predicted octanol–water partition coefficient (Wildman–Crippen LogP) is 3.71. The van der Waals surface area contributed by atoms with Crippen LogP contribution in [0.15, 0.2) is 51.7 Å². The molecule has 0 saturated carbocycles. The number of halogens is 1. The second kappa shape index (κ2) is 8.75. The summed E-state index contributed by atoms with van der Waals surface area (Å²) in [5.41, 5.74) is -1.35. The number of fused-ring (bicyclic) bond motifs is 1. The summed E-state index contributed by atoms with van der Waals surface area (Å²) in [6.07, 6.45) is 0.718. The molecule has 0 bridgehead atoms. The van der Waals surface area contributed by atoms with Gasteiger partial charge in [-0.1, -0.05) is 18.5 Å². The number of nitro benzene ring substituents is 1. The Kier molecular flexibility index (Phi) is 6.12. The summed E-state index contributed by atoms with van der Waals surface area (Å²) < 4.78 is 10.4. The molecule has 0 unspecified atom stereocenters. The molecule has 30 heavy (non-hydrogen) atoms. The maximum absolute atomic E-state index is 12.3. The number of nitro groups is 1. The molecule has 1 heterocycles. The van der Waals surface area contributed by atoms with Gasteiger partial charge in [0.1, 0.15) is 21.9 Å². The number of amides is 1. The van der Waals surface area contributed by atoms with Gasteiger partial charge in [-0.25, -0.2) is 9.59 Å². The van der Waals surface area contributed by atoms with Gasteiger partial charge in [0.15, 0.2) is 0 Å². The molecule has 0 aliphatic heterocycles. The van der Waals surface area contributed by atoms with Crippen LogP contribution >= 0.6 is 11.6 Å². The molecule has 0 atom stereocenters. The Morgan fingerprint density at radius 3 is 2.67 bits per heavy atom. The molecule has 1 amide bonds. The lowest BCUT2D eigenvalue weighted by atomic mass is 10.1. The second-order valence-electron chi connectivity index (χ2n) is 6.22. The minimum absolute atomic E-state index is 0.0523. The minimum Gasteiger partial charge on any atom is -0.423 e. The van der Waals surface area contributed by atoms with Crippen LogP contribution in [0.1, 0.15) is 34.1 Å². The van der Waals surface area contributed by atoms with E-state index in [4.69, 9.17) is 20.8 Å². The van der Waals surface area contributed by atoms with E-state index in [1.54, 1.807) is 0 Å². The first-order valence-electron chi connectivity index (χ1n) is 8.82. The summed E-state index contributed by atoms with van der Waals surface area (Å²) in [5.74, 6) is -1.34. The number of esters is 1. The zero-order chi connectivity index (χ0) is 21.8. The van der Waals surface area contributed by atoms with Crippen LogP contribution in [-0.4, -0.2) is 23.3 Å². The SMILES string of the molecule is CCCNC(=O)c1cc2ccc(OC(=O)c3ccc(Cl)c([N+](=O)[O-])c3)cc2oc1=O. The van der Waals surface area contributed by atoms with Crippen molar-refractivity contribution < 1.29 is 23.7 Å². The van der Waals surface area contributed by atoms with Gasteiger partial charge in [0.25, 0.3) is 11.6 Å². The maximum atomic E-state index is 12.3. The zero-order valence-electron chi connectivity index (χ0n) is 15.6. The van der Waals surface area contributed by atoms with Crippen LogP contribution in [0.3, 0.4) is 0 Å². The van der Waals surface area contributed by atoms with Crippen LogP contribution in [0, 0.1) is 10.1 Å². The number of hydrogen-bond donors (Lipinski definition) is 1. The molecule has 0 spiro atoms. The maximum Gasteiger partial charge on any atom is 0.349 e. The number of hydrogen-bond acceptors (Lipinski definition) is 7. The summed E-state index contributed by atoms with van der Waals surface area (Å²) in [5, 5.41) is 13.9.